The number of hydrogen-bond acceptors (Lipinski definition) is 6. The number of rotatable bonds is 2. The number of carbonyl (C=O) groups is 3. The first-order valence-corrected chi connectivity index (χ1v) is 6.74. The van der Waals surface area contributed by atoms with Crippen LogP contribution < -0.4 is 5.32 Å². The van der Waals surface area contributed by atoms with Crippen LogP contribution in [-0.4, -0.2) is 41.8 Å². The molecule has 0 radical (unpaired) electrons. The van der Waals surface area contributed by atoms with Gasteiger partial charge in [-0.2, -0.15) is 5.11 Å². The number of amides is 3. The zero-order chi connectivity index (χ0) is 14.1. The predicted molar refractivity (Wildman–Crippen MR) is 67.5 cm³/mol. The highest BCUT2D eigenvalue weighted by Gasteiger charge is 2.48. The fourth-order valence-electron chi connectivity index (χ4n) is 2.99. The molecule has 8 nitrogen and oxygen atoms in total. The normalized spacial score (nSPS) is 28.6. The minimum Gasteiger partial charge on any atom is -0.292 e. The molecule has 3 amide bonds. The Balaban J connectivity index is 1.64. The van der Waals surface area contributed by atoms with Crippen molar-refractivity contribution in [1.29, 1.82) is 0 Å². The molecule has 2 atom stereocenters. The van der Waals surface area contributed by atoms with E-state index in [1.54, 1.807) is 0 Å². The number of imide groups is 1. The van der Waals surface area contributed by atoms with Crippen molar-refractivity contribution in [3.05, 3.63) is 0 Å². The maximum absolute atomic E-state index is 12.2. The van der Waals surface area contributed by atoms with Crippen LogP contribution >= 0.6 is 0 Å². The molecule has 1 saturated carbocycles. The third kappa shape index (κ3) is 2.21. The number of carbonyl (C=O) groups excluding carboxylic acids is 3. The van der Waals surface area contributed by atoms with Gasteiger partial charge in [0.1, 0.15) is 6.54 Å². The molecule has 1 saturated heterocycles. The maximum atomic E-state index is 12.2. The van der Waals surface area contributed by atoms with Crippen molar-refractivity contribution in [3.63, 3.8) is 0 Å². The highest BCUT2D eigenvalue weighted by molar-refractivity contribution is 6.08. The molecule has 106 valence electrons. The van der Waals surface area contributed by atoms with Crippen LogP contribution in [0.5, 0.6) is 0 Å². The summed E-state index contributed by atoms with van der Waals surface area (Å²) in [7, 11) is 0. The van der Waals surface area contributed by atoms with Gasteiger partial charge in [-0.1, -0.05) is 12.8 Å². The molecule has 2 fully saturated rings. The van der Waals surface area contributed by atoms with E-state index in [0.717, 1.165) is 30.6 Å². The second kappa shape index (κ2) is 5.10. The van der Waals surface area contributed by atoms with Gasteiger partial charge in [-0.15, -0.1) is 5.11 Å². The molecule has 0 aromatic carbocycles. The topological polar surface area (TPSA) is 104 Å². The van der Waals surface area contributed by atoms with Crippen molar-refractivity contribution < 1.29 is 14.4 Å². The number of guanidine groups is 1. The van der Waals surface area contributed by atoms with E-state index >= 15 is 0 Å². The Hall–Kier alpha value is -2.12. The summed E-state index contributed by atoms with van der Waals surface area (Å²) in [6, 6.07) is 0. The average molecular weight is 277 g/mol. The molecule has 0 aromatic rings. The van der Waals surface area contributed by atoms with Gasteiger partial charge in [-0.3, -0.25) is 24.6 Å². The van der Waals surface area contributed by atoms with Gasteiger partial charge in [0.25, 0.3) is 0 Å². The number of nitrogens with one attached hydrogen (secondary N) is 1. The lowest BCUT2D eigenvalue weighted by Crippen LogP contribution is -2.42. The molecule has 2 unspecified atom stereocenters. The summed E-state index contributed by atoms with van der Waals surface area (Å²) < 4.78 is 0. The summed E-state index contributed by atoms with van der Waals surface area (Å²) in [5.74, 6) is -1.23. The highest BCUT2D eigenvalue weighted by Crippen LogP contribution is 2.37. The number of hydrogen-bond donors (Lipinski definition) is 1. The Morgan fingerprint density at radius 2 is 1.85 bits per heavy atom. The Morgan fingerprint density at radius 3 is 2.40 bits per heavy atom. The van der Waals surface area contributed by atoms with Crippen molar-refractivity contribution >= 4 is 23.7 Å². The summed E-state index contributed by atoms with van der Waals surface area (Å²) in [5, 5.41) is 9.65. The van der Waals surface area contributed by atoms with E-state index in [-0.39, 0.29) is 42.8 Å². The Morgan fingerprint density at radius 1 is 1.20 bits per heavy atom. The van der Waals surface area contributed by atoms with Crippen LogP contribution in [-0.2, 0) is 14.4 Å². The van der Waals surface area contributed by atoms with Crippen LogP contribution in [0.4, 0.5) is 0 Å². The first-order valence-electron chi connectivity index (χ1n) is 6.74. The van der Waals surface area contributed by atoms with Crippen LogP contribution in [0.25, 0.3) is 0 Å². The van der Waals surface area contributed by atoms with Crippen LogP contribution in [0.1, 0.15) is 25.7 Å². The molecule has 8 heteroatoms. The number of likely N-dealkylation sites (tertiary alicyclic amines) is 1. The Bertz CT molecular complexity index is 503. The zero-order valence-corrected chi connectivity index (χ0v) is 10.9. The Labute approximate surface area is 115 Å². The molecule has 3 aliphatic rings. The van der Waals surface area contributed by atoms with E-state index in [9.17, 15) is 14.4 Å². The lowest BCUT2D eigenvalue weighted by Gasteiger charge is -2.19. The molecular weight excluding hydrogens is 262 g/mol. The van der Waals surface area contributed by atoms with E-state index < -0.39 is 5.91 Å². The zero-order valence-electron chi connectivity index (χ0n) is 10.9. The van der Waals surface area contributed by atoms with E-state index in [1.807, 2.05) is 0 Å². The molecule has 2 heterocycles. The van der Waals surface area contributed by atoms with Gasteiger partial charge in [0.05, 0.1) is 11.8 Å². The number of fused-ring (bicyclic) bond motifs is 1. The Kier molecular flexibility index (Phi) is 3.29. The number of nitrogens with zero attached hydrogens (tertiary/aromatic N) is 4. The first-order chi connectivity index (χ1) is 9.66. The van der Waals surface area contributed by atoms with Crippen molar-refractivity contribution in [2.75, 3.05) is 13.2 Å². The SMILES string of the molecule is O=C(CN1C(=O)C2CCCCC2C1=O)NC1=NCN=N1. The summed E-state index contributed by atoms with van der Waals surface area (Å²) in [4.78, 5) is 41.1. The van der Waals surface area contributed by atoms with E-state index in [4.69, 9.17) is 0 Å². The number of azo groups is 1. The molecule has 0 spiro atoms. The number of aliphatic imine (C=N–C) groups is 1. The van der Waals surface area contributed by atoms with Gasteiger partial charge in [-0.25, -0.2) is 4.99 Å². The van der Waals surface area contributed by atoms with Gasteiger partial charge >= 0.3 is 0 Å². The summed E-state index contributed by atoms with van der Waals surface area (Å²) in [6.45, 7) is -0.0689. The average Bonchev–Trinajstić information content (AvgIpc) is 3.03. The fourth-order valence-corrected chi connectivity index (χ4v) is 2.99. The minimum absolute atomic E-state index is 0.131. The summed E-state index contributed by atoms with van der Waals surface area (Å²) >= 11 is 0. The molecule has 3 rings (SSSR count). The molecule has 0 aromatic heterocycles. The highest BCUT2D eigenvalue weighted by atomic mass is 16.2. The van der Waals surface area contributed by atoms with Crippen LogP contribution in [0.15, 0.2) is 15.2 Å². The largest absolute Gasteiger partial charge is 0.292 e. The third-order valence-corrected chi connectivity index (χ3v) is 3.93. The standard InChI is InChI=1S/C12H15N5O3/c18-9(15-12-13-6-14-16-12)5-17-10(19)7-3-1-2-4-8(7)11(17)20/h7-8H,1-6H2,(H,13,15,18). The van der Waals surface area contributed by atoms with Gasteiger partial charge in [-0.05, 0) is 12.8 Å². The first kappa shape index (κ1) is 12.9. The van der Waals surface area contributed by atoms with Gasteiger partial charge in [0.2, 0.25) is 23.7 Å². The van der Waals surface area contributed by atoms with E-state index in [0.29, 0.717) is 0 Å². The minimum atomic E-state index is -0.468. The molecule has 1 aliphatic carbocycles. The molecule has 1 N–H and O–H groups in total. The van der Waals surface area contributed by atoms with Gasteiger partial charge in [0.15, 0.2) is 6.67 Å². The lowest BCUT2D eigenvalue weighted by molar-refractivity contribution is -0.143. The van der Waals surface area contributed by atoms with Gasteiger partial charge in [0, 0.05) is 0 Å². The summed E-state index contributed by atoms with van der Waals surface area (Å²) in [6.07, 6.45) is 3.43. The predicted octanol–water partition coefficient (Wildman–Crippen LogP) is 0.0571. The lowest BCUT2D eigenvalue weighted by atomic mass is 9.81. The van der Waals surface area contributed by atoms with Crippen LogP contribution in [0, 0.1) is 11.8 Å². The van der Waals surface area contributed by atoms with E-state index in [2.05, 4.69) is 20.5 Å². The molecule has 20 heavy (non-hydrogen) atoms. The van der Waals surface area contributed by atoms with Gasteiger partial charge < -0.3 is 0 Å². The summed E-state index contributed by atoms with van der Waals surface area (Å²) in [5.41, 5.74) is 0. The van der Waals surface area contributed by atoms with Crippen molar-refractivity contribution in [1.82, 2.24) is 10.2 Å². The van der Waals surface area contributed by atoms with E-state index in [1.165, 1.54) is 0 Å². The third-order valence-electron chi connectivity index (χ3n) is 3.93. The van der Waals surface area contributed by atoms with Crippen molar-refractivity contribution in [3.8, 4) is 0 Å². The smallest absolute Gasteiger partial charge is 0.246 e. The second-order valence-corrected chi connectivity index (χ2v) is 5.17. The molecule has 2 aliphatic heterocycles. The monoisotopic (exact) mass is 277 g/mol. The molecule has 0 bridgehead atoms. The van der Waals surface area contributed by atoms with Crippen LogP contribution in [0.2, 0.25) is 0 Å². The molecular formula is C12H15N5O3. The van der Waals surface area contributed by atoms with Crippen LogP contribution in [0.3, 0.4) is 0 Å². The second-order valence-electron chi connectivity index (χ2n) is 5.17. The maximum Gasteiger partial charge on any atom is 0.246 e. The van der Waals surface area contributed by atoms with Crippen molar-refractivity contribution in [2.45, 2.75) is 25.7 Å². The quantitative estimate of drug-likeness (QED) is 0.721. The fraction of sp³-hybridized carbons (Fsp3) is 0.667. The van der Waals surface area contributed by atoms with Crippen molar-refractivity contribution in [2.24, 2.45) is 27.1 Å².